The molecule has 0 aromatic carbocycles. The van der Waals surface area contributed by atoms with Crippen LogP contribution < -0.4 is 5.32 Å². The minimum atomic E-state index is -1.04. The molecule has 0 saturated heterocycles. The van der Waals surface area contributed by atoms with Crippen molar-refractivity contribution in [3.05, 3.63) is 0 Å². The smallest absolute Gasteiger partial charge is 0.334 e. The van der Waals surface area contributed by atoms with Gasteiger partial charge in [0.25, 0.3) is 0 Å². The molecule has 0 rings (SSSR count). The Hall–Kier alpha value is -1.56. The zero-order chi connectivity index (χ0) is 16.9. The monoisotopic (exact) mass is 300 g/mol. The van der Waals surface area contributed by atoms with Gasteiger partial charge < -0.3 is 19.7 Å². The second-order valence-electron chi connectivity index (χ2n) is 5.22. The Labute approximate surface area is 127 Å². The van der Waals surface area contributed by atoms with Gasteiger partial charge >= 0.3 is 5.97 Å². The van der Waals surface area contributed by atoms with Crippen LogP contribution in [-0.2, 0) is 14.3 Å². The van der Waals surface area contributed by atoms with Crippen molar-refractivity contribution in [2.75, 3.05) is 41.3 Å². The lowest BCUT2D eigenvalue weighted by Crippen LogP contribution is -2.33. The first kappa shape index (κ1) is 21.7. The number of hydrogen-bond donors (Lipinski definition) is 1. The van der Waals surface area contributed by atoms with Gasteiger partial charge in [-0.2, -0.15) is 0 Å². The number of ether oxygens (including phenoxy) is 1. The summed E-state index contributed by atoms with van der Waals surface area (Å²) in [5, 5.41) is 2.75. The van der Waals surface area contributed by atoms with Crippen molar-refractivity contribution >= 4 is 18.3 Å². The molecule has 0 aliphatic carbocycles. The van der Waals surface area contributed by atoms with Crippen LogP contribution >= 0.6 is 0 Å². The Kier molecular flexibility index (Phi) is 12.6. The van der Waals surface area contributed by atoms with Crippen molar-refractivity contribution in [1.29, 1.82) is 0 Å². The number of esters is 1. The largest absolute Gasteiger partial charge is 0.463 e. The number of likely N-dealkylation sites (N-methyl/N-ethyl adjacent to an activating group) is 1. The molecule has 0 amide bonds. The first-order chi connectivity index (χ1) is 9.71. The van der Waals surface area contributed by atoms with E-state index in [4.69, 9.17) is 4.74 Å². The van der Waals surface area contributed by atoms with Crippen LogP contribution in [0.5, 0.6) is 0 Å². The first-order valence-corrected chi connectivity index (χ1v) is 6.73. The third-order valence-electron chi connectivity index (χ3n) is 2.06. The number of aliphatic imine (C=N–C) groups is 2. The molecule has 0 saturated carbocycles. The lowest BCUT2D eigenvalue weighted by Gasteiger charge is -2.17. The maximum Gasteiger partial charge on any atom is 0.334 e. The van der Waals surface area contributed by atoms with Crippen molar-refractivity contribution in [2.45, 2.75) is 32.4 Å². The van der Waals surface area contributed by atoms with Crippen LogP contribution in [0.15, 0.2) is 9.98 Å². The topological polar surface area (TPSA) is 83.4 Å². The molecule has 1 N–H and O–H groups in total. The van der Waals surface area contributed by atoms with Gasteiger partial charge in [0.2, 0.25) is 0 Å². The number of nitrogens with one attached hydrogen (secondary N) is 1. The SMILES string of the molecule is CC(C=O)N=C=NC(C)(C)C(=O)OCCN(C)C.CNC. The molecule has 21 heavy (non-hydrogen) atoms. The second kappa shape index (κ2) is 12.2. The van der Waals surface area contributed by atoms with Crippen molar-refractivity contribution in [2.24, 2.45) is 9.98 Å². The van der Waals surface area contributed by atoms with Gasteiger partial charge in [0, 0.05) is 6.54 Å². The van der Waals surface area contributed by atoms with Gasteiger partial charge in [-0.15, -0.1) is 0 Å². The van der Waals surface area contributed by atoms with E-state index in [0.29, 0.717) is 19.4 Å². The predicted molar refractivity (Wildman–Crippen MR) is 84.0 cm³/mol. The van der Waals surface area contributed by atoms with Crippen LogP contribution in [0.1, 0.15) is 20.8 Å². The van der Waals surface area contributed by atoms with Crippen molar-refractivity contribution in [3.63, 3.8) is 0 Å². The van der Waals surface area contributed by atoms with Crippen LogP contribution in [0.25, 0.3) is 0 Å². The standard InChI is InChI=1S/C12H21N3O3.C2H7N/c1-10(8-16)13-9-14-12(2,3)11(17)18-7-6-15(4)5;1-3-2/h8,10H,6-7H2,1-5H3;3H,1-2H3. The molecule has 0 spiro atoms. The summed E-state index contributed by atoms with van der Waals surface area (Å²) in [6.07, 6.45) is 0.672. The number of hydrogen-bond acceptors (Lipinski definition) is 7. The highest BCUT2D eigenvalue weighted by molar-refractivity contribution is 5.81. The molecular weight excluding hydrogens is 272 g/mol. The van der Waals surface area contributed by atoms with Crippen LogP contribution in [0, 0.1) is 0 Å². The number of carbonyl (C=O) groups excluding carboxylic acids is 2. The molecule has 0 heterocycles. The molecule has 0 aliphatic heterocycles. The zero-order valence-electron chi connectivity index (χ0n) is 14.1. The minimum Gasteiger partial charge on any atom is -0.463 e. The molecule has 122 valence electrons. The van der Waals surface area contributed by atoms with Gasteiger partial charge in [0.1, 0.15) is 18.9 Å². The van der Waals surface area contributed by atoms with E-state index in [9.17, 15) is 9.59 Å². The number of carbonyl (C=O) groups is 2. The molecule has 1 atom stereocenters. The van der Waals surface area contributed by atoms with E-state index in [2.05, 4.69) is 21.3 Å². The Morgan fingerprint density at radius 3 is 2.38 bits per heavy atom. The Morgan fingerprint density at radius 1 is 1.43 bits per heavy atom. The summed E-state index contributed by atoms with van der Waals surface area (Å²) in [6, 6.07) is 1.86. The molecule has 0 aliphatic rings. The Balaban J connectivity index is 0. The first-order valence-electron chi connectivity index (χ1n) is 6.73. The molecule has 7 nitrogen and oxygen atoms in total. The molecule has 0 radical (unpaired) electrons. The number of nitrogens with zero attached hydrogens (tertiary/aromatic N) is 3. The van der Waals surface area contributed by atoms with Crippen LogP contribution in [0.4, 0.5) is 0 Å². The summed E-state index contributed by atoms with van der Waals surface area (Å²) in [4.78, 5) is 31.5. The van der Waals surface area contributed by atoms with Gasteiger partial charge in [-0.1, -0.05) is 0 Å². The van der Waals surface area contributed by atoms with Gasteiger partial charge in [-0.25, -0.2) is 14.8 Å². The van der Waals surface area contributed by atoms with Crippen molar-refractivity contribution in [1.82, 2.24) is 10.2 Å². The third kappa shape index (κ3) is 13.2. The van der Waals surface area contributed by atoms with Crippen LogP contribution in [-0.4, -0.2) is 76.1 Å². The summed E-state index contributed by atoms with van der Waals surface area (Å²) in [7, 11) is 7.54. The lowest BCUT2D eigenvalue weighted by atomic mass is 10.1. The van der Waals surface area contributed by atoms with Gasteiger partial charge in [-0.3, -0.25) is 0 Å². The van der Waals surface area contributed by atoms with Gasteiger partial charge in [0.15, 0.2) is 5.54 Å². The van der Waals surface area contributed by atoms with Crippen LogP contribution in [0.3, 0.4) is 0 Å². The maximum atomic E-state index is 11.7. The van der Waals surface area contributed by atoms with E-state index >= 15 is 0 Å². The summed E-state index contributed by atoms with van der Waals surface area (Å²) in [5.41, 5.74) is -1.04. The summed E-state index contributed by atoms with van der Waals surface area (Å²) in [5.74, 6) is -0.439. The Bertz CT molecular complexity index is 361. The van der Waals surface area contributed by atoms with Gasteiger partial charge in [0.05, 0.1) is 6.01 Å². The lowest BCUT2D eigenvalue weighted by molar-refractivity contribution is -0.148. The van der Waals surface area contributed by atoms with Crippen LogP contribution in [0.2, 0.25) is 0 Å². The predicted octanol–water partition coefficient (Wildman–Crippen LogP) is 0.467. The fourth-order valence-electron chi connectivity index (χ4n) is 0.819. The highest BCUT2D eigenvalue weighted by Crippen LogP contribution is 2.10. The van der Waals surface area contributed by atoms with E-state index < -0.39 is 17.6 Å². The highest BCUT2D eigenvalue weighted by Gasteiger charge is 2.28. The average molecular weight is 300 g/mol. The molecule has 0 fully saturated rings. The normalized spacial score (nSPS) is 11.6. The number of rotatable bonds is 7. The fraction of sp³-hybridized carbons (Fsp3) is 0.786. The Morgan fingerprint density at radius 2 is 1.95 bits per heavy atom. The summed E-state index contributed by atoms with van der Waals surface area (Å²) >= 11 is 0. The maximum absolute atomic E-state index is 11.7. The van der Waals surface area contributed by atoms with Crippen molar-refractivity contribution < 1.29 is 14.3 Å². The molecular formula is C14H28N4O3. The highest BCUT2D eigenvalue weighted by atomic mass is 16.5. The second-order valence-corrected chi connectivity index (χ2v) is 5.22. The zero-order valence-corrected chi connectivity index (χ0v) is 14.1. The van der Waals surface area contributed by atoms with E-state index in [-0.39, 0.29) is 0 Å². The molecule has 0 bridgehead atoms. The van der Waals surface area contributed by atoms with E-state index in [0.717, 1.165) is 0 Å². The van der Waals surface area contributed by atoms with E-state index in [1.807, 2.05) is 33.1 Å². The molecule has 0 aromatic heterocycles. The fourth-order valence-corrected chi connectivity index (χ4v) is 0.819. The van der Waals surface area contributed by atoms with Gasteiger partial charge in [-0.05, 0) is 49.0 Å². The number of aldehydes is 1. The molecule has 1 unspecified atom stereocenters. The van der Waals surface area contributed by atoms with E-state index in [1.165, 1.54) is 0 Å². The van der Waals surface area contributed by atoms with E-state index in [1.54, 1.807) is 20.8 Å². The van der Waals surface area contributed by atoms with Crippen molar-refractivity contribution in [3.8, 4) is 0 Å². The molecule has 7 heteroatoms. The summed E-state index contributed by atoms with van der Waals surface area (Å²) < 4.78 is 5.08. The average Bonchev–Trinajstić information content (AvgIpc) is 2.38. The summed E-state index contributed by atoms with van der Waals surface area (Å²) in [6.45, 7) is 5.80. The molecule has 0 aromatic rings. The third-order valence-corrected chi connectivity index (χ3v) is 2.06. The minimum absolute atomic E-state index is 0.312. The quantitative estimate of drug-likeness (QED) is 0.420.